The van der Waals surface area contributed by atoms with Gasteiger partial charge in [0.05, 0.1) is 7.11 Å². The number of rotatable bonds is 5. The van der Waals surface area contributed by atoms with Crippen LogP contribution in [0.25, 0.3) is 10.9 Å². The molecule has 1 heterocycles. The van der Waals surface area contributed by atoms with E-state index in [0.29, 0.717) is 12.6 Å². The van der Waals surface area contributed by atoms with Gasteiger partial charge in [0.25, 0.3) is 0 Å². The lowest BCUT2D eigenvalue weighted by molar-refractivity contribution is 0.285. The predicted molar refractivity (Wildman–Crippen MR) is 94.4 cm³/mol. The van der Waals surface area contributed by atoms with Gasteiger partial charge in [-0.1, -0.05) is 23.8 Å². The molecule has 0 aliphatic heterocycles. The normalized spacial score (nSPS) is 11.2. The third-order valence-corrected chi connectivity index (χ3v) is 4.08. The van der Waals surface area contributed by atoms with E-state index in [1.54, 1.807) is 7.11 Å². The summed E-state index contributed by atoms with van der Waals surface area (Å²) in [6.45, 7) is 7.05. The maximum Gasteiger partial charge on any atom is 0.161 e. The van der Waals surface area contributed by atoms with Crippen molar-refractivity contribution < 1.29 is 9.47 Å². The lowest BCUT2D eigenvalue weighted by Gasteiger charge is -2.10. The van der Waals surface area contributed by atoms with Crippen LogP contribution in [0.3, 0.4) is 0 Å². The molecule has 0 saturated carbocycles. The van der Waals surface area contributed by atoms with E-state index in [-0.39, 0.29) is 0 Å². The largest absolute Gasteiger partial charge is 0.493 e. The van der Waals surface area contributed by atoms with Gasteiger partial charge >= 0.3 is 0 Å². The molecule has 0 saturated heterocycles. The van der Waals surface area contributed by atoms with Crippen molar-refractivity contribution >= 4 is 10.9 Å². The molecule has 23 heavy (non-hydrogen) atoms. The highest BCUT2D eigenvalue weighted by Crippen LogP contribution is 2.30. The number of hydrogen-bond donors (Lipinski definition) is 0. The molecule has 3 nitrogen and oxygen atoms in total. The smallest absolute Gasteiger partial charge is 0.161 e. The Hall–Kier alpha value is -2.42. The van der Waals surface area contributed by atoms with Crippen LogP contribution in [0.15, 0.2) is 48.7 Å². The highest BCUT2D eigenvalue weighted by Gasteiger charge is 2.12. The van der Waals surface area contributed by atoms with Gasteiger partial charge in [-0.25, -0.2) is 0 Å². The second kappa shape index (κ2) is 6.37. The maximum atomic E-state index is 6.02. The number of benzene rings is 2. The molecule has 0 unspecified atom stereocenters. The van der Waals surface area contributed by atoms with Crippen LogP contribution >= 0.6 is 0 Å². The van der Waals surface area contributed by atoms with Gasteiger partial charge in [-0.05, 0) is 45.0 Å². The second-order valence-corrected chi connectivity index (χ2v) is 6.12. The summed E-state index contributed by atoms with van der Waals surface area (Å²) in [5.74, 6) is 1.53. The fourth-order valence-corrected chi connectivity index (χ4v) is 2.88. The van der Waals surface area contributed by atoms with Crippen molar-refractivity contribution in [1.29, 1.82) is 0 Å². The average molecular weight is 309 g/mol. The molecule has 3 aromatic rings. The van der Waals surface area contributed by atoms with Crippen LogP contribution in [-0.2, 0) is 6.61 Å². The number of aromatic nitrogens is 1. The molecule has 120 valence electrons. The molecule has 0 bridgehead atoms. The minimum Gasteiger partial charge on any atom is -0.493 e. The van der Waals surface area contributed by atoms with E-state index < -0.39 is 0 Å². The van der Waals surface area contributed by atoms with E-state index in [1.165, 1.54) is 22.0 Å². The quantitative estimate of drug-likeness (QED) is 0.653. The van der Waals surface area contributed by atoms with Gasteiger partial charge in [-0.3, -0.25) is 0 Å². The fourth-order valence-electron chi connectivity index (χ4n) is 2.88. The SMILES string of the molecule is COc1ccccc1OCc1cn(C(C)C)c2ccc(C)cc12. The Morgan fingerprint density at radius 2 is 1.78 bits per heavy atom. The van der Waals surface area contributed by atoms with Gasteiger partial charge in [0.15, 0.2) is 11.5 Å². The van der Waals surface area contributed by atoms with E-state index >= 15 is 0 Å². The van der Waals surface area contributed by atoms with Crippen molar-refractivity contribution in [2.45, 2.75) is 33.4 Å². The number of nitrogens with zero attached hydrogens (tertiary/aromatic N) is 1. The Morgan fingerprint density at radius 3 is 2.48 bits per heavy atom. The molecule has 0 aliphatic rings. The lowest BCUT2D eigenvalue weighted by atomic mass is 10.1. The molecule has 0 radical (unpaired) electrons. The third-order valence-electron chi connectivity index (χ3n) is 4.08. The van der Waals surface area contributed by atoms with Gasteiger partial charge in [0, 0.05) is 28.7 Å². The predicted octanol–water partition coefficient (Wildman–Crippen LogP) is 5.12. The summed E-state index contributed by atoms with van der Waals surface area (Å²) in [6, 6.07) is 14.8. The molecule has 0 fully saturated rings. The first-order valence-corrected chi connectivity index (χ1v) is 7.96. The van der Waals surface area contributed by atoms with Crippen LogP contribution in [0.2, 0.25) is 0 Å². The molecule has 0 N–H and O–H groups in total. The Labute approximate surface area is 137 Å². The average Bonchev–Trinajstić information content (AvgIpc) is 2.91. The van der Waals surface area contributed by atoms with Crippen LogP contribution in [0.1, 0.15) is 31.0 Å². The van der Waals surface area contributed by atoms with Gasteiger partial charge in [-0.2, -0.15) is 0 Å². The van der Waals surface area contributed by atoms with Crippen molar-refractivity contribution in [3.63, 3.8) is 0 Å². The summed E-state index contributed by atoms with van der Waals surface area (Å²) >= 11 is 0. The van der Waals surface area contributed by atoms with Gasteiger partial charge in [-0.15, -0.1) is 0 Å². The Bertz CT molecular complexity index is 818. The standard InChI is InChI=1S/C20H23NO2/c1-14(2)21-12-16(17-11-15(3)9-10-18(17)21)13-23-20-8-6-5-7-19(20)22-4/h5-12,14H,13H2,1-4H3. The van der Waals surface area contributed by atoms with Crippen molar-refractivity contribution in [1.82, 2.24) is 4.57 Å². The van der Waals surface area contributed by atoms with E-state index in [2.05, 4.69) is 49.7 Å². The molecular weight excluding hydrogens is 286 g/mol. The minimum atomic E-state index is 0.417. The summed E-state index contributed by atoms with van der Waals surface area (Å²) in [5, 5.41) is 1.26. The summed E-state index contributed by atoms with van der Waals surface area (Å²) in [7, 11) is 1.66. The number of fused-ring (bicyclic) bond motifs is 1. The zero-order valence-electron chi connectivity index (χ0n) is 14.2. The minimum absolute atomic E-state index is 0.417. The first-order chi connectivity index (χ1) is 11.1. The maximum absolute atomic E-state index is 6.02. The molecule has 0 atom stereocenters. The number of aryl methyl sites for hydroxylation is 1. The zero-order valence-corrected chi connectivity index (χ0v) is 14.2. The molecule has 2 aromatic carbocycles. The van der Waals surface area contributed by atoms with Crippen LogP contribution < -0.4 is 9.47 Å². The number of ether oxygens (including phenoxy) is 2. The topological polar surface area (TPSA) is 23.4 Å². The zero-order chi connectivity index (χ0) is 16.4. The van der Waals surface area contributed by atoms with Crippen LogP contribution in [0.4, 0.5) is 0 Å². The van der Waals surface area contributed by atoms with Gasteiger partial charge in [0.1, 0.15) is 6.61 Å². The van der Waals surface area contributed by atoms with Crippen molar-refractivity contribution in [2.75, 3.05) is 7.11 Å². The van der Waals surface area contributed by atoms with Crippen LogP contribution in [0, 0.1) is 6.92 Å². The highest BCUT2D eigenvalue weighted by molar-refractivity contribution is 5.84. The molecule has 3 rings (SSSR count). The molecule has 0 amide bonds. The van der Waals surface area contributed by atoms with Crippen LogP contribution in [0.5, 0.6) is 11.5 Å². The summed E-state index contributed by atoms with van der Waals surface area (Å²) in [6.07, 6.45) is 2.20. The molecule has 1 aromatic heterocycles. The number of methoxy groups -OCH3 is 1. The van der Waals surface area contributed by atoms with Crippen molar-refractivity contribution in [3.05, 3.63) is 59.8 Å². The monoisotopic (exact) mass is 309 g/mol. The second-order valence-electron chi connectivity index (χ2n) is 6.12. The highest BCUT2D eigenvalue weighted by atomic mass is 16.5. The van der Waals surface area contributed by atoms with Crippen molar-refractivity contribution in [3.8, 4) is 11.5 Å². The van der Waals surface area contributed by atoms with Gasteiger partial charge in [0.2, 0.25) is 0 Å². The summed E-state index contributed by atoms with van der Waals surface area (Å²) < 4.78 is 13.7. The van der Waals surface area contributed by atoms with E-state index in [4.69, 9.17) is 9.47 Å². The fraction of sp³-hybridized carbons (Fsp3) is 0.300. The summed E-state index contributed by atoms with van der Waals surface area (Å²) in [4.78, 5) is 0. The van der Waals surface area contributed by atoms with E-state index in [9.17, 15) is 0 Å². The van der Waals surface area contributed by atoms with E-state index in [0.717, 1.165) is 11.5 Å². The Balaban J connectivity index is 1.95. The Morgan fingerprint density at radius 1 is 1.04 bits per heavy atom. The third kappa shape index (κ3) is 3.04. The first kappa shape index (κ1) is 15.5. The Kier molecular flexibility index (Phi) is 4.28. The lowest BCUT2D eigenvalue weighted by Crippen LogP contribution is -1.99. The van der Waals surface area contributed by atoms with Crippen molar-refractivity contribution in [2.24, 2.45) is 0 Å². The summed E-state index contributed by atoms with van der Waals surface area (Å²) in [5.41, 5.74) is 3.71. The number of para-hydroxylation sites is 2. The molecule has 3 heteroatoms. The molecular formula is C20H23NO2. The number of hydrogen-bond acceptors (Lipinski definition) is 2. The first-order valence-electron chi connectivity index (χ1n) is 7.96. The molecule has 0 spiro atoms. The van der Waals surface area contributed by atoms with Crippen LogP contribution in [-0.4, -0.2) is 11.7 Å². The molecule has 0 aliphatic carbocycles. The van der Waals surface area contributed by atoms with E-state index in [1.807, 2.05) is 24.3 Å². The van der Waals surface area contributed by atoms with Gasteiger partial charge < -0.3 is 14.0 Å².